The van der Waals surface area contributed by atoms with Gasteiger partial charge in [-0.1, -0.05) is 24.3 Å². The summed E-state index contributed by atoms with van der Waals surface area (Å²) in [4.78, 5) is 18.1. The molecule has 0 spiro atoms. The number of nitrogens with zero attached hydrogens (tertiary/aromatic N) is 2. The molecule has 5 nitrogen and oxygen atoms in total. The summed E-state index contributed by atoms with van der Waals surface area (Å²) in [6.07, 6.45) is 0. The number of hydrogen-bond acceptors (Lipinski definition) is 3. The zero-order valence-electron chi connectivity index (χ0n) is 11.6. The predicted molar refractivity (Wildman–Crippen MR) is 77.4 cm³/mol. The molecule has 0 saturated carbocycles. The molecule has 0 radical (unpaired) electrons. The summed E-state index contributed by atoms with van der Waals surface area (Å²) in [5, 5.41) is 3.03. The van der Waals surface area contributed by atoms with Gasteiger partial charge < -0.3 is 4.90 Å². The average Bonchev–Trinajstić information content (AvgIpc) is 2.49. The number of piperazine rings is 1. The number of likely N-dealkylation sites (N-methyl/N-ethyl adjacent to an activating group) is 1. The van der Waals surface area contributed by atoms with Crippen LogP contribution in [0.3, 0.4) is 0 Å². The molecular formula is C15H19N4O+. The standard InChI is InChI=1S/C15H18N4O/c1-18-8-10-19(11-9-18)17-15(20)14-7-6-12-4-2-3-5-13(12)16-14/h2-7H,8-11H2,1H3,(H,17,20)/p+1. The minimum atomic E-state index is -0.129. The highest BCUT2D eigenvalue weighted by atomic mass is 16.2. The first-order valence-electron chi connectivity index (χ1n) is 6.95. The third-order valence-electron chi connectivity index (χ3n) is 3.71. The topological polar surface area (TPSA) is 49.7 Å². The van der Waals surface area contributed by atoms with Gasteiger partial charge >= 0.3 is 0 Å². The van der Waals surface area contributed by atoms with Gasteiger partial charge in [-0.15, -0.1) is 0 Å². The summed E-state index contributed by atoms with van der Waals surface area (Å²) in [6, 6.07) is 11.5. The molecule has 5 heteroatoms. The second-order valence-corrected chi connectivity index (χ2v) is 5.27. The molecule has 1 aromatic carbocycles. The molecule has 0 aliphatic carbocycles. The van der Waals surface area contributed by atoms with Gasteiger partial charge in [0.05, 0.1) is 38.7 Å². The lowest BCUT2D eigenvalue weighted by atomic mass is 10.2. The van der Waals surface area contributed by atoms with Gasteiger partial charge in [0, 0.05) is 5.39 Å². The van der Waals surface area contributed by atoms with Crippen LogP contribution >= 0.6 is 0 Å². The number of pyridine rings is 1. The number of benzene rings is 1. The van der Waals surface area contributed by atoms with E-state index in [9.17, 15) is 4.79 Å². The van der Waals surface area contributed by atoms with E-state index in [2.05, 4.69) is 17.5 Å². The molecule has 0 bridgehead atoms. The summed E-state index contributed by atoms with van der Waals surface area (Å²) < 4.78 is 0. The van der Waals surface area contributed by atoms with Crippen molar-refractivity contribution in [1.29, 1.82) is 0 Å². The lowest BCUT2D eigenvalue weighted by molar-refractivity contribution is -0.884. The van der Waals surface area contributed by atoms with Crippen molar-refractivity contribution in [3.8, 4) is 0 Å². The van der Waals surface area contributed by atoms with Crippen molar-refractivity contribution in [2.45, 2.75) is 0 Å². The van der Waals surface area contributed by atoms with Crippen LogP contribution in [0.4, 0.5) is 0 Å². The minimum Gasteiger partial charge on any atom is -0.335 e. The Morgan fingerprint density at radius 1 is 1.20 bits per heavy atom. The fourth-order valence-electron chi connectivity index (χ4n) is 2.39. The number of carbonyl (C=O) groups excluding carboxylic acids is 1. The fraction of sp³-hybridized carbons (Fsp3) is 0.333. The number of hydrazine groups is 1. The van der Waals surface area contributed by atoms with E-state index in [0.717, 1.165) is 37.1 Å². The number of para-hydroxylation sites is 1. The Labute approximate surface area is 118 Å². The maximum atomic E-state index is 12.2. The van der Waals surface area contributed by atoms with Gasteiger partial charge in [-0.05, 0) is 12.1 Å². The lowest BCUT2D eigenvalue weighted by Crippen LogP contribution is -3.12. The first-order chi connectivity index (χ1) is 9.72. The van der Waals surface area contributed by atoms with Crippen LogP contribution in [0.1, 0.15) is 10.5 Å². The highest BCUT2D eigenvalue weighted by Crippen LogP contribution is 2.11. The number of rotatable bonds is 2. The third-order valence-corrected chi connectivity index (χ3v) is 3.71. The Hall–Kier alpha value is -1.98. The number of fused-ring (bicyclic) bond motifs is 1. The van der Waals surface area contributed by atoms with E-state index in [1.807, 2.05) is 35.3 Å². The molecule has 2 aromatic rings. The molecular weight excluding hydrogens is 252 g/mol. The molecule has 0 unspecified atom stereocenters. The van der Waals surface area contributed by atoms with Crippen molar-refractivity contribution in [2.75, 3.05) is 33.2 Å². The Morgan fingerprint density at radius 2 is 1.95 bits per heavy atom. The summed E-state index contributed by atoms with van der Waals surface area (Å²) in [6.45, 7) is 3.85. The van der Waals surface area contributed by atoms with E-state index in [1.165, 1.54) is 4.90 Å². The van der Waals surface area contributed by atoms with Crippen LogP contribution in [-0.2, 0) is 0 Å². The molecule has 2 heterocycles. The summed E-state index contributed by atoms with van der Waals surface area (Å²) in [7, 11) is 2.17. The molecule has 1 fully saturated rings. The Balaban J connectivity index is 1.72. The number of amides is 1. The van der Waals surface area contributed by atoms with Gasteiger partial charge in [0.15, 0.2) is 0 Å². The number of hydrogen-bond donors (Lipinski definition) is 2. The number of carbonyl (C=O) groups is 1. The largest absolute Gasteiger partial charge is 0.335 e. The van der Waals surface area contributed by atoms with E-state index < -0.39 is 0 Å². The maximum absolute atomic E-state index is 12.2. The number of aromatic nitrogens is 1. The zero-order valence-corrected chi connectivity index (χ0v) is 11.6. The summed E-state index contributed by atoms with van der Waals surface area (Å²) in [5.74, 6) is -0.129. The van der Waals surface area contributed by atoms with Gasteiger partial charge in [0.2, 0.25) is 0 Å². The number of quaternary nitrogens is 1. The monoisotopic (exact) mass is 271 g/mol. The Morgan fingerprint density at radius 3 is 2.75 bits per heavy atom. The molecule has 1 amide bonds. The van der Waals surface area contributed by atoms with E-state index in [1.54, 1.807) is 6.07 Å². The van der Waals surface area contributed by atoms with Crippen molar-refractivity contribution in [3.05, 3.63) is 42.1 Å². The molecule has 1 saturated heterocycles. The van der Waals surface area contributed by atoms with E-state index >= 15 is 0 Å². The normalized spacial score (nSPS) is 17.2. The highest BCUT2D eigenvalue weighted by molar-refractivity contribution is 5.94. The van der Waals surface area contributed by atoms with Gasteiger partial charge in [0.25, 0.3) is 5.91 Å². The second kappa shape index (κ2) is 5.56. The minimum absolute atomic E-state index is 0.129. The zero-order chi connectivity index (χ0) is 13.9. The van der Waals surface area contributed by atoms with Crippen LogP contribution in [0, 0.1) is 0 Å². The Bertz CT molecular complexity index is 620. The van der Waals surface area contributed by atoms with Crippen LogP contribution in [0.5, 0.6) is 0 Å². The van der Waals surface area contributed by atoms with Gasteiger partial charge in [-0.25, -0.2) is 9.99 Å². The molecule has 20 heavy (non-hydrogen) atoms. The van der Waals surface area contributed by atoms with Crippen molar-refractivity contribution in [1.82, 2.24) is 15.4 Å². The first-order valence-corrected chi connectivity index (χ1v) is 6.95. The fourth-order valence-corrected chi connectivity index (χ4v) is 2.39. The quantitative estimate of drug-likeness (QED) is 0.789. The first kappa shape index (κ1) is 13.0. The van der Waals surface area contributed by atoms with Crippen LogP contribution in [0.25, 0.3) is 10.9 Å². The van der Waals surface area contributed by atoms with Crippen molar-refractivity contribution >= 4 is 16.8 Å². The Kier molecular flexibility index (Phi) is 3.62. The molecule has 1 aromatic heterocycles. The summed E-state index contributed by atoms with van der Waals surface area (Å²) in [5.41, 5.74) is 4.26. The average molecular weight is 271 g/mol. The summed E-state index contributed by atoms with van der Waals surface area (Å²) >= 11 is 0. The van der Waals surface area contributed by atoms with E-state index in [-0.39, 0.29) is 5.91 Å². The molecule has 2 N–H and O–H groups in total. The highest BCUT2D eigenvalue weighted by Gasteiger charge is 2.19. The van der Waals surface area contributed by atoms with Crippen molar-refractivity contribution in [2.24, 2.45) is 0 Å². The molecule has 1 aliphatic rings. The maximum Gasteiger partial charge on any atom is 0.284 e. The second-order valence-electron chi connectivity index (χ2n) is 5.27. The van der Waals surface area contributed by atoms with Crippen molar-refractivity contribution < 1.29 is 9.69 Å². The smallest absolute Gasteiger partial charge is 0.284 e. The lowest BCUT2D eigenvalue weighted by Gasteiger charge is -2.29. The van der Waals surface area contributed by atoms with Crippen LogP contribution in [0.2, 0.25) is 0 Å². The predicted octanol–water partition coefficient (Wildman–Crippen LogP) is -0.290. The molecule has 0 atom stereocenters. The van der Waals surface area contributed by atoms with Crippen LogP contribution in [-0.4, -0.2) is 49.1 Å². The van der Waals surface area contributed by atoms with Gasteiger partial charge in [0.1, 0.15) is 5.69 Å². The number of nitrogens with one attached hydrogen (secondary N) is 2. The van der Waals surface area contributed by atoms with Gasteiger partial charge in [-0.2, -0.15) is 0 Å². The van der Waals surface area contributed by atoms with E-state index in [0.29, 0.717) is 5.69 Å². The molecule has 1 aliphatic heterocycles. The molecule has 3 rings (SSSR count). The van der Waals surface area contributed by atoms with Crippen molar-refractivity contribution in [3.63, 3.8) is 0 Å². The van der Waals surface area contributed by atoms with Crippen LogP contribution in [0.15, 0.2) is 36.4 Å². The molecule has 104 valence electrons. The van der Waals surface area contributed by atoms with E-state index in [4.69, 9.17) is 0 Å². The van der Waals surface area contributed by atoms with Gasteiger partial charge in [-0.3, -0.25) is 10.2 Å². The third kappa shape index (κ3) is 2.79. The SMILES string of the molecule is C[NH+]1CCN(NC(=O)c2ccc3ccccc3n2)CC1. The van der Waals surface area contributed by atoms with Crippen LogP contribution < -0.4 is 10.3 Å².